The fourth-order valence-corrected chi connectivity index (χ4v) is 2.68. The van der Waals surface area contributed by atoms with Crippen molar-refractivity contribution in [1.82, 2.24) is 5.32 Å². The van der Waals surface area contributed by atoms with Crippen LogP contribution in [0.2, 0.25) is 0 Å². The first-order valence-electron chi connectivity index (χ1n) is 8.38. The van der Waals surface area contributed by atoms with Gasteiger partial charge in [-0.25, -0.2) is 13.6 Å². The molecule has 0 saturated carbocycles. The van der Waals surface area contributed by atoms with Crippen LogP contribution < -0.4 is 5.32 Å². The van der Waals surface area contributed by atoms with E-state index in [0.717, 1.165) is 31.0 Å². The second kappa shape index (κ2) is 9.08. The van der Waals surface area contributed by atoms with E-state index in [4.69, 9.17) is 0 Å². The van der Waals surface area contributed by atoms with E-state index in [1.807, 2.05) is 37.3 Å². The molecular weight excluding hydrogens is 340 g/mol. The van der Waals surface area contributed by atoms with Crippen LogP contribution in [0.5, 0.6) is 0 Å². The van der Waals surface area contributed by atoms with Crippen LogP contribution in [-0.2, 0) is 16.0 Å². The zero-order valence-electron chi connectivity index (χ0n) is 14.4. The molecule has 0 spiro atoms. The zero-order valence-corrected chi connectivity index (χ0v) is 14.4. The molecule has 2 N–H and O–H groups in total. The van der Waals surface area contributed by atoms with Gasteiger partial charge in [-0.05, 0) is 42.0 Å². The number of hydrogen-bond acceptors (Lipinski definition) is 2. The van der Waals surface area contributed by atoms with E-state index >= 15 is 0 Å². The molecule has 0 aliphatic rings. The molecule has 1 amide bonds. The number of nitrogens with one attached hydrogen (secondary N) is 1. The molecule has 6 heteroatoms. The topological polar surface area (TPSA) is 66.4 Å². The maximum atomic E-state index is 13.3. The van der Waals surface area contributed by atoms with Crippen LogP contribution in [0.4, 0.5) is 8.78 Å². The molecule has 0 heterocycles. The van der Waals surface area contributed by atoms with Crippen LogP contribution >= 0.6 is 0 Å². The van der Waals surface area contributed by atoms with E-state index in [2.05, 4.69) is 5.32 Å². The lowest BCUT2D eigenvalue weighted by Crippen LogP contribution is -2.34. The first-order chi connectivity index (χ1) is 12.4. The molecule has 4 nitrogen and oxygen atoms in total. The van der Waals surface area contributed by atoms with Crippen molar-refractivity contribution in [3.8, 4) is 0 Å². The molecule has 2 aromatic rings. The van der Waals surface area contributed by atoms with E-state index in [9.17, 15) is 23.5 Å². The lowest BCUT2D eigenvalue weighted by Gasteiger charge is -2.17. The molecule has 2 aromatic carbocycles. The summed E-state index contributed by atoms with van der Waals surface area (Å²) in [6.45, 7) is 1.91. The monoisotopic (exact) mass is 361 g/mol. The number of carbonyl (C=O) groups is 2. The van der Waals surface area contributed by atoms with Crippen LogP contribution in [-0.4, -0.2) is 17.0 Å². The van der Waals surface area contributed by atoms with Gasteiger partial charge in [0.25, 0.3) is 0 Å². The average Bonchev–Trinajstić information content (AvgIpc) is 2.61. The third-order valence-electron chi connectivity index (χ3n) is 4.13. The summed E-state index contributed by atoms with van der Waals surface area (Å²) < 4.78 is 26.3. The van der Waals surface area contributed by atoms with Crippen molar-refractivity contribution >= 4 is 11.9 Å². The molecule has 0 aliphatic carbocycles. The number of carboxylic acid groups (broad SMARTS) is 1. The highest BCUT2D eigenvalue weighted by atomic mass is 19.2. The minimum atomic E-state index is -1.42. The predicted octanol–water partition coefficient (Wildman–Crippen LogP) is 3.87. The normalized spacial score (nSPS) is 13.0. The number of aryl methyl sites for hydroxylation is 1. The van der Waals surface area contributed by atoms with Gasteiger partial charge in [-0.1, -0.05) is 43.3 Å². The molecule has 0 aliphatic heterocycles. The molecule has 0 radical (unpaired) electrons. The number of halogens is 2. The van der Waals surface area contributed by atoms with Gasteiger partial charge in [-0.15, -0.1) is 0 Å². The van der Waals surface area contributed by atoms with E-state index in [1.165, 1.54) is 5.56 Å². The van der Waals surface area contributed by atoms with E-state index < -0.39 is 29.6 Å². The third kappa shape index (κ3) is 5.65. The highest BCUT2D eigenvalue weighted by Crippen LogP contribution is 2.18. The van der Waals surface area contributed by atoms with Gasteiger partial charge in [0.05, 0.1) is 0 Å². The van der Waals surface area contributed by atoms with Gasteiger partial charge in [0.15, 0.2) is 17.7 Å². The Morgan fingerprint density at radius 1 is 1.08 bits per heavy atom. The number of aliphatic carboxylic acids is 1. The van der Waals surface area contributed by atoms with Crippen molar-refractivity contribution in [3.05, 3.63) is 71.3 Å². The Morgan fingerprint density at radius 2 is 1.77 bits per heavy atom. The number of hydrogen-bond donors (Lipinski definition) is 2. The lowest BCUT2D eigenvalue weighted by molar-refractivity contribution is -0.142. The third-order valence-corrected chi connectivity index (χ3v) is 4.13. The van der Waals surface area contributed by atoms with Crippen molar-refractivity contribution in [2.45, 2.75) is 32.2 Å². The summed E-state index contributed by atoms with van der Waals surface area (Å²) in [7, 11) is 0. The zero-order chi connectivity index (χ0) is 19.1. The molecule has 0 saturated heterocycles. The van der Waals surface area contributed by atoms with Gasteiger partial charge in [0.2, 0.25) is 5.91 Å². The predicted molar refractivity (Wildman–Crippen MR) is 93.4 cm³/mol. The summed E-state index contributed by atoms with van der Waals surface area (Å²) in [5, 5.41) is 11.7. The second-order valence-corrected chi connectivity index (χ2v) is 6.35. The average molecular weight is 361 g/mol. The molecule has 26 heavy (non-hydrogen) atoms. The van der Waals surface area contributed by atoms with E-state index in [1.54, 1.807) is 0 Å². The molecular formula is C20H21F2NO3. The van der Waals surface area contributed by atoms with Crippen LogP contribution in [0.1, 0.15) is 36.9 Å². The van der Waals surface area contributed by atoms with Gasteiger partial charge in [0, 0.05) is 6.42 Å². The maximum Gasteiger partial charge on any atom is 0.330 e. The van der Waals surface area contributed by atoms with E-state index in [0.29, 0.717) is 0 Å². The second-order valence-electron chi connectivity index (χ2n) is 6.35. The van der Waals surface area contributed by atoms with E-state index in [-0.39, 0.29) is 17.9 Å². The quantitative estimate of drug-likeness (QED) is 0.750. The Hall–Kier alpha value is -2.76. The molecule has 0 unspecified atom stereocenters. The molecule has 0 fully saturated rings. The summed E-state index contributed by atoms with van der Waals surface area (Å²) >= 11 is 0. The first kappa shape index (κ1) is 19.6. The molecule has 0 aromatic heterocycles. The fraction of sp³-hybridized carbons (Fsp3) is 0.300. The highest BCUT2D eigenvalue weighted by Gasteiger charge is 2.24. The van der Waals surface area contributed by atoms with Gasteiger partial charge in [-0.2, -0.15) is 0 Å². The van der Waals surface area contributed by atoms with Crippen molar-refractivity contribution in [2.75, 3.05) is 0 Å². The van der Waals surface area contributed by atoms with Crippen LogP contribution in [0.15, 0.2) is 48.5 Å². The van der Waals surface area contributed by atoms with Crippen LogP contribution in [0, 0.1) is 17.6 Å². The smallest absolute Gasteiger partial charge is 0.330 e. The lowest BCUT2D eigenvalue weighted by atomic mass is 9.97. The Balaban J connectivity index is 1.92. The molecule has 138 valence electrons. The highest BCUT2D eigenvalue weighted by molar-refractivity contribution is 5.84. The Morgan fingerprint density at radius 3 is 2.38 bits per heavy atom. The number of carbonyl (C=O) groups excluding carboxylic acids is 1. The molecule has 2 rings (SSSR count). The first-order valence-corrected chi connectivity index (χ1v) is 8.38. The van der Waals surface area contributed by atoms with Crippen LogP contribution in [0.3, 0.4) is 0 Å². The minimum absolute atomic E-state index is 0.0123. The van der Waals surface area contributed by atoms with Gasteiger partial charge < -0.3 is 10.4 Å². The van der Waals surface area contributed by atoms with Gasteiger partial charge >= 0.3 is 5.97 Å². The summed E-state index contributed by atoms with van der Waals surface area (Å²) in [6.07, 6.45) is 1.75. The summed E-state index contributed by atoms with van der Waals surface area (Å²) in [4.78, 5) is 23.6. The maximum absolute atomic E-state index is 13.3. The van der Waals surface area contributed by atoms with Gasteiger partial charge in [0.1, 0.15) is 0 Å². The van der Waals surface area contributed by atoms with Gasteiger partial charge in [-0.3, -0.25) is 4.79 Å². The SMILES string of the molecule is C[C@@H](CCc1ccccc1)CC(=O)N[C@@H](C(=O)O)c1ccc(F)c(F)c1. The number of amides is 1. The van der Waals surface area contributed by atoms with Crippen molar-refractivity contribution < 1.29 is 23.5 Å². The molecule has 0 bridgehead atoms. The number of carboxylic acids is 1. The summed E-state index contributed by atoms with van der Waals surface area (Å²) in [5.41, 5.74) is 1.16. The number of benzene rings is 2. The minimum Gasteiger partial charge on any atom is -0.479 e. The van der Waals surface area contributed by atoms with Crippen molar-refractivity contribution in [3.63, 3.8) is 0 Å². The molecule has 2 atom stereocenters. The Bertz CT molecular complexity index is 765. The standard InChI is InChI=1S/C20H21F2NO3/c1-13(7-8-14-5-3-2-4-6-14)11-18(24)23-19(20(25)26)15-9-10-16(21)17(22)12-15/h2-6,9-10,12-13,19H,7-8,11H2,1H3,(H,23,24)(H,25,26)/t13-,19+/m0/s1. The largest absolute Gasteiger partial charge is 0.479 e. The summed E-state index contributed by atoms with van der Waals surface area (Å²) in [5.74, 6) is -3.95. The number of rotatable bonds is 8. The fourth-order valence-electron chi connectivity index (χ4n) is 2.68. The van der Waals surface area contributed by atoms with Crippen molar-refractivity contribution in [2.24, 2.45) is 5.92 Å². The Labute approximate surface area is 150 Å². The van der Waals surface area contributed by atoms with Crippen molar-refractivity contribution in [1.29, 1.82) is 0 Å². The van der Waals surface area contributed by atoms with Crippen LogP contribution in [0.25, 0.3) is 0 Å². The summed E-state index contributed by atoms with van der Waals surface area (Å²) in [6, 6.07) is 11.2. The Kier molecular flexibility index (Phi) is 6.83.